The zero-order valence-corrected chi connectivity index (χ0v) is 9.03. The quantitative estimate of drug-likeness (QED) is 0.805. The van der Waals surface area contributed by atoms with Crippen LogP contribution in [0.25, 0.3) is 0 Å². The maximum absolute atomic E-state index is 11.2. The minimum Gasteiger partial charge on any atom is -0.481 e. The van der Waals surface area contributed by atoms with E-state index in [1.54, 1.807) is 20.0 Å². The van der Waals surface area contributed by atoms with Crippen LogP contribution in [-0.2, 0) is 11.2 Å². The monoisotopic (exact) mass is 205 g/mol. The number of rotatable bonds is 2. The van der Waals surface area contributed by atoms with Crippen molar-refractivity contribution in [3.8, 4) is 0 Å². The molecule has 0 spiro atoms. The Kier molecular flexibility index (Phi) is 2.25. The summed E-state index contributed by atoms with van der Waals surface area (Å²) < 4.78 is 0. The smallest absolute Gasteiger partial charge is 0.309 e. The summed E-state index contributed by atoms with van der Waals surface area (Å²) in [6.45, 7) is 3.56. The Morgan fingerprint density at radius 3 is 3.00 bits per heavy atom. The first-order valence-electron chi connectivity index (χ1n) is 5.20. The third-order valence-corrected chi connectivity index (χ3v) is 3.38. The van der Waals surface area contributed by atoms with Gasteiger partial charge in [-0.05, 0) is 38.3 Å². The lowest BCUT2D eigenvalue weighted by atomic mass is 9.77. The van der Waals surface area contributed by atoms with E-state index in [0.717, 1.165) is 18.5 Å². The van der Waals surface area contributed by atoms with E-state index in [2.05, 4.69) is 4.98 Å². The van der Waals surface area contributed by atoms with Gasteiger partial charge in [-0.25, -0.2) is 0 Å². The number of hydrogen-bond donors (Lipinski definition) is 1. The molecule has 1 aliphatic rings. The summed E-state index contributed by atoms with van der Waals surface area (Å²) in [5, 5.41) is 9.20. The Labute approximate surface area is 89.2 Å². The van der Waals surface area contributed by atoms with E-state index in [4.69, 9.17) is 0 Å². The number of hydrogen-bond acceptors (Lipinski definition) is 2. The van der Waals surface area contributed by atoms with Crippen LogP contribution in [0.4, 0.5) is 0 Å². The van der Waals surface area contributed by atoms with Crippen LogP contribution < -0.4 is 0 Å². The van der Waals surface area contributed by atoms with Gasteiger partial charge in [0.05, 0.1) is 5.41 Å². The largest absolute Gasteiger partial charge is 0.481 e. The van der Waals surface area contributed by atoms with Gasteiger partial charge in [-0.3, -0.25) is 9.78 Å². The topological polar surface area (TPSA) is 50.2 Å². The minimum absolute atomic E-state index is 0.0474. The molecule has 0 bridgehead atoms. The first-order chi connectivity index (χ1) is 7.03. The molecular weight excluding hydrogens is 190 g/mol. The van der Waals surface area contributed by atoms with Crippen molar-refractivity contribution in [2.45, 2.75) is 32.6 Å². The Balaban J connectivity index is 2.39. The Morgan fingerprint density at radius 1 is 1.60 bits per heavy atom. The van der Waals surface area contributed by atoms with Crippen LogP contribution in [0, 0.1) is 5.41 Å². The number of carboxylic acids is 1. The molecule has 0 saturated heterocycles. The van der Waals surface area contributed by atoms with Gasteiger partial charge in [-0.2, -0.15) is 0 Å². The van der Waals surface area contributed by atoms with Gasteiger partial charge in [-0.15, -0.1) is 0 Å². The van der Waals surface area contributed by atoms with Gasteiger partial charge in [0.15, 0.2) is 0 Å². The first kappa shape index (κ1) is 10.1. The van der Waals surface area contributed by atoms with E-state index in [-0.39, 0.29) is 5.92 Å². The summed E-state index contributed by atoms with van der Waals surface area (Å²) in [7, 11) is 0. The number of carboxylic acid groups (broad SMARTS) is 1. The second-order valence-electron chi connectivity index (χ2n) is 4.67. The molecule has 3 nitrogen and oxygen atoms in total. The van der Waals surface area contributed by atoms with E-state index in [0.29, 0.717) is 0 Å². The molecule has 1 aliphatic carbocycles. The molecule has 1 aromatic heterocycles. The normalized spacial score (nSPS) is 20.0. The Hall–Kier alpha value is -1.38. The summed E-state index contributed by atoms with van der Waals surface area (Å²) >= 11 is 0. The van der Waals surface area contributed by atoms with Crippen molar-refractivity contribution in [1.82, 2.24) is 4.98 Å². The number of aryl methyl sites for hydroxylation is 1. The van der Waals surface area contributed by atoms with Crippen LogP contribution in [0.15, 0.2) is 18.3 Å². The molecule has 0 aromatic carbocycles. The lowest BCUT2D eigenvalue weighted by molar-refractivity contribution is -0.148. The number of fused-ring (bicyclic) bond motifs is 1. The zero-order valence-electron chi connectivity index (χ0n) is 9.03. The molecule has 0 radical (unpaired) electrons. The Morgan fingerprint density at radius 2 is 2.33 bits per heavy atom. The number of pyridine rings is 1. The van der Waals surface area contributed by atoms with E-state index in [1.165, 1.54) is 5.56 Å². The number of carbonyl (C=O) groups is 1. The second kappa shape index (κ2) is 3.33. The highest BCUT2D eigenvalue weighted by molar-refractivity contribution is 5.75. The SMILES string of the molecule is CC(C)(C(=O)O)C1CCc2cccnc21. The average molecular weight is 205 g/mol. The summed E-state index contributed by atoms with van der Waals surface area (Å²) in [5.74, 6) is -0.697. The maximum Gasteiger partial charge on any atom is 0.309 e. The highest BCUT2D eigenvalue weighted by atomic mass is 16.4. The van der Waals surface area contributed by atoms with Crippen molar-refractivity contribution in [3.05, 3.63) is 29.6 Å². The fraction of sp³-hybridized carbons (Fsp3) is 0.500. The van der Waals surface area contributed by atoms with Gasteiger partial charge in [0, 0.05) is 17.8 Å². The van der Waals surface area contributed by atoms with Gasteiger partial charge >= 0.3 is 5.97 Å². The van der Waals surface area contributed by atoms with E-state index < -0.39 is 11.4 Å². The molecule has 1 aromatic rings. The van der Waals surface area contributed by atoms with Crippen LogP contribution in [0.2, 0.25) is 0 Å². The highest BCUT2D eigenvalue weighted by Gasteiger charge is 2.41. The Bertz CT molecular complexity index is 398. The minimum atomic E-state index is -0.744. The molecule has 3 heteroatoms. The van der Waals surface area contributed by atoms with Crippen molar-refractivity contribution in [2.75, 3.05) is 0 Å². The average Bonchev–Trinajstić information content (AvgIpc) is 2.61. The molecule has 1 unspecified atom stereocenters. The van der Waals surface area contributed by atoms with Crippen LogP contribution in [0.3, 0.4) is 0 Å². The molecule has 80 valence electrons. The van der Waals surface area contributed by atoms with Gasteiger partial charge in [0.1, 0.15) is 0 Å². The fourth-order valence-electron chi connectivity index (χ4n) is 2.26. The molecule has 1 heterocycles. The molecule has 15 heavy (non-hydrogen) atoms. The van der Waals surface area contributed by atoms with Gasteiger partial charge in [0.25, 0.3) is 0 Å². The summed E-state index contributed by atoms with van der Waals surface area (Å²) in [6, 6.07) is 3.95. The first-order valence-corrected chi connectivity index (χ1v) is 5.20. The fourth-order valence-corrected chi connectivity index (χ4v) is 2.26. The molecule has 1 N–H and O–H groups in total. The molecule has 0 aliphatic heterocycles. The predicted molar refractivity (Wildman–Crippen MR) is 56.7 cm³/mol. The van der Waals surface area contributed by atoms with Crippen molar-refractivity contribution in [2.24, 2.45) is 5.41 Å². The number of nitrogens with zero attached hydrogens (tertiary/aromatic N) is 1. The lowest BCUT2D eigenvalue weighted by Gasteiger charge is -2.26. The number of aliphatic carboxylic acids is 1. The van der Waals surface area contributed by atoms with Crippen molar-refractivity contribution in [3.63, 3.8) is 0 Å². The highest BCUT2D eigenvalue weighted by Crippen LogP contribution is 2.43. The van der Waals surface area contributed by atoms with Gasteiger partial charge in [0.2, 0.25) is 0 Å². The summed E-state index contributed by atoms with van der Waals surface area (Å²) in [5.41, 5.74) is 1.46. The summed E-state index contributed by atoms with van der Waals surface area (Å²) in [4.78, 5) is 15.5. The molecule has 2 rings (SSSR count). The van der Waals surface area contributed by atoms with E-state index >= 15 is 0 Å². The molecule has 0 fully saturated rings. The van der Waals surface area contributed by atoms with Crippen LogP contribution in [0.1, 0.15) is 37.4 Å². The van der Waals surface area contributed by atoms with Gasteiger partial charge in [-0.1, -0.05) is 6.07 Å². The van der Waals surface area contributed by atoms with E-state index in [1.807, 2.05) is 12.1 Å². The number of aromatic nitrogens is 1. The lowest BCUT2D eigenvalue weighted by Crippen LogP contribution is -2.30. The van der Waals surface area contributed by atoms with Crippen LogP contribution >= 0.6 is 0 Å². The zero-order chi connectivity index (χ0) is 11.1. The van der Waals surface area contributed by atoms with E-state index in [9.17, 15) is 9.90 Å². The standard InChI is InChI=1S/C12H15NO2/c1-12(2,11(14)15)9-6-5-8-4-3-7-13-10(8)9/h3-4,7,9H,5-6H2,1-2H3,(H,14,15). The van der Waals surface area contributed by atoms with Crippen molar-refractivity contribution < 1.29 is 9.90 Å². The van der Waals surface area contributed by atoms with Crippen LogP contribution in [-0.4, -0.2) is 16.1 Å². The molecular formula is C12H15NO2. The van der Waals surface area contributed by atoms with Crippen molar-refractivity contribution >= 4 is 5.97 Å². The summed E-state index contributed by atoms with van der Waals surface area (Å²) in [6.07, 6.45) is 3.59. The molecule has 0 saturated carbocycles. The third-order valence-electron chi connectivity index (χ3n) is 3.38. The molecule has 0 amide bonds. The third kappa shape index (κ3) is 1.52. The van der Waals surface area contributed by atoms with Gasteiger partial charge < -0.3 is 5.11 Å². The predicted octanol–water partition coefficient (Wildman–Crippen LogP) is 2.22. The van der Waals surface area contributed by atoms with Crippen molar-refractivity contribution in [1.29, 1.82) is 0 Å². The second-order valence-corrected chi connectivity index (χ2v) is 4.67. The van der Waals surface area contributed by atoms with Crippen LogP contribution in [0.5, 0.6) is 0 Å². The molecule has 1 atom stereocenters. The maximum atomic E-state index is 11.2.